The van der Waals surface area contributed by atoms with E-state index in [1.54, 1.807) is 0 Å². The topological polar surface area (TPSA) is 47.6 Å². The molecule has 0 fully saturated rings. The van der Waals surface area contributed by atoms with Gasteiger partial charge in [-0.25, -0.2) is 4.79 Å². The average Bonchev–Trinajstić information content (AvgIpc) is 2.64. The van der Waals surface area contributed by atoms with E-state index < -0.39 is 6.10 Å². The van der Waals surface area contributed by atoms with E-state index >= 15 is 0 Å². The molecule has 0 spiro atoms. The molecule has 0 aromatic heterocycles. The molecule has 1 aromatic rings. The highest BCUT2D eigenvalue weighted by atomic mass is 35.5. The first-order chi connectivity index (χ1) is 12.2. The Kier molecular flexibility index (Phi) is 15.4. The molecule has 5 heteroatoms. The molecule has 0 saturated carbocycles. The molecular formula is C21H36ClNO3. The van der Waals surface area contributed by atoms with Crippen molar-refractivity contribution in [3.63, 3.8) is 0 Å². The van der Waals surface area contributed by atoms with Crippen molar-refractivity contribution in [2.75, 3.05) is 26.8 Å². The second-order valence-corrected chi connectivity index (χ2v) is 6.40. The number of esters is 1. The molecule has 1 N–H and O–H groups in total. The summed E-state index contributed by atoms with van der Waals surface area (Å²) in [4.78, 5) is 11.7. The molecule has 0 aliphatic carbocycles. The van der Waals surface area contributed by atoms with Crippen LogP contribution in [0.1, 0.15) is 57.1 Å². The van der Waals surface area contributed by atoms with E-state index in [9.17, 15) is 4.79 Å². The maximum absolute atomic E-state index is 11.7. The van der Waals surface area contributed by atoms with Crippen molar-refractivity contribution in [3.05, 3.63) is 35.4 Å². The number of carbonyl (C=O) groups excluding carboxylic acids is 1. The average molecular weight is 386 g/mol. The lowest BCUT2D eigenvalue weighted by Crippen LogP contribution is -2.28. The van der Waals surface area contributed by atoms with Crippen LogP contribution in [0.3, 0.4) is 0 Å². The molecular weight excluding hydrogens is 350 g/mol. The van der Waals surface area contributed by atoms with Crippen LogP contribution in [0.15, 0.2) is 24.3 Å². The Labute approximate surface area is 165 Å². The van der Waals surface area contributed by atoms with Gasteiger partial charge in [0.2, 0.25) is 0 Å². The van der Waals surface area contributed by atoms with Crippen LogP contribution in [-0.4, -0.2) is 38.9 Å². The lowest BCUT2D eigenvalue weighted by atomic mass is 10.0. The first-order valence-electron chi connectivity index (χ1n) is 9.69. The summed E-state index contributed by atoms with van der Waals surface area (Å²) in [6.07, 6.45) is 7.67. The van der Waals surface area contributed by atoms with Crippen molar-refractivity contribution in [3.8, 4) is 0 Å². The van der Waals surface area contributed by atoms with Crippen LogP contribution in [0.4, 0.5) is 0 Å². The summed E-state index contributed by atoms with van der Waals surface area (Å²) in [6.45, 7) is 6.75. The molecule has 150 valence electrons. The quantitative estimate of drug-likeness (QED) is 0.382. The SMILES string of the molecule is CCCCCCCNCCc1ccc(CC(OCC)C(=O)OC)cc1.Cl. The van der Waals surface area contributed by atoms with Crippen LogP contribution in [-0.2, 0) is 27.1 Å². The maximum atomic E-state index is 11.7. The molecule has 0 radical (unpaired) electrons. The molecule has 1 unspecified atom stereocenters. The number of unbranched alkanes of at least 4 members (excludes halogenated alkanes) is 4. The molecule has 0 amide bonds. The largest absolute Gasteiger partial charge is 0.467 e. The summed E-state index contributed by atoms with van der Waals surface area (Å²) >= 11 is 0. The third-order valence-electron chi connectivity index (χ3n) is 4.32. The van der Waals surface area contributed by atoms with Crippen molar-refractivity contribution in [1.29, 1.82) is 0 Å². The Bertz CT molecular complexity index is 465. The van der Waals surface area contributed by atoms with Crippen molar-refractivity contribution in [2.24, 2.45) is 0 Å². The van der Waals surface area contributed by atoms with Gasteiger partial charge < -0.3 is 14.8 Å². The van der Waals surface area contributed by atoms with E-state index in [2.05, 4.69) is 36.5 Å². The molecule has 0 bridgehead atoms. The van der Waals surface area contributed by atoms with Gasteiger partial charge in [-0.1, -0.05) is 56.9 Å². The van der Waals surface area contributed by atoms with E-state index in [0.29, 0.717) is 13.0 Å². The number of methoxy groups -OCH3 is 1. The van der Waals surface area contributed by atoms with Crippen LogP contribution < -0.4 is 5.32 Å². The normalized spacial score (nSPS) is 11.7. The van der Waals surface area contributed by atoms with E-state index in [-0.39, 0.29) is 18.4 Å². The molecule has 1 rings (SSSR count). The Morgan fingerprint density at radius 2 is 1.65 bits per heavy atom. The van der Waals surface area contributed by atoms with Crippen LogP contribution in [0.2, 0.25) is 0 Å². The molecule has 1 aromatic carbocycles. The summed E-state index contributed by atoms with van der Waals surface area (Å²) in [6, 6.07) is 8.43. The van der Waals surface area contributed by atoms with E-state index in [1.807, 2.05) is 6.92 Å². The zero-order valence-electron chi connectivity index (χ0n) is 16.6. The van der Waals surface area contributed by atoms with Gasteiger partial charge in [0, 0.05) is 13.0 Å². The maximum Gasteiger partial charge on any atom is 0.335 e. The number of hydrogen-bond donors (Lipinski definition) is 1. The zero-order chi connectivity index (χ0) is 18.3. The number of benzene rings is 1. The summed E-state index contributed by atoms with van der Waals surface area (Å²) in [5.74, 6) is -0.311. The van der Waals surface area contributed by atoms with Gasteiger partial charge >= 0.3 is 5.97 Å². The third-order valence-corrected chi connectivity index (χ3v) is 4.32. The van der Waals surface area contributed by atoms with Crippen LogP contribution in [0, 0.1) is 0 Å². The lowest BCUT2D eigenvalue weighted by Gasteiger charge is -2.14. The summed E-state index contributed by atoms with van der Waals surface area (Å²) in [7, 11) is 1.40. The molecule has 0 saturated heterocycles. The molecule has 26 heavy (non-hydrogen) atoms. The van der Waals surface area contributed by atoms with E-state index in [1.165, 1.54) is 44.8 Å². The molecule has 1 atom stereocenters. The molecule has 0 heterocycles. The molecule has 4 nitrogen and oxygen atoms in total. The highest BCUT2D eigenvalue weighted by molar-refractivity contribution is 5.85. The van der Waals surface area contributed by atoms with Gasteiger partial charge in [0.15, 0.2) is 6.10 Å². The number of rotatable bonds is 14. The van der Waals surface area contributed by atoms with Crippen molar-refractivity contribution in [1.82, 2.24) is 5.32 Å². The van der Waals surface area contributed by atoms with Crippen LogP contribution >= 0.6 is 12.4 Å². The predicted octanol–water partition coefficient (Wildman–Crippen LogP) is 4.33. The highest BCUT2D eigenvalue weighted by Crippen LogP contribution is 2.10. The number of ether oxygens (including phenoxy) is 2. The van der Waals surface area contributed by atoms with E-state index in [4.69, 9.17) is 9.47 Å². The number of nitrogens with one attached hydrogen (secondary N) is 1. The number of halogens is 1. The van der Waals surface area contributed by atoms with Gasteiger partial charge in [-0.15, -0.1) is 12.4 Å². The molecule has 0 aliphatic rings. The Balaban J connectivity index is 0.00000625. The summed E-state index contributed by atoms with van der Waals surface area (Å²) in [5, 5.41) is 3.52. The Morgan fingerprint density at radius 3 is 2.27 bits per heavy atom. The minimum absolute atomic E-state index is 0. The summed E-state index contributed by atoms with van der Waals surface area (Å²) < 4.78 is 10.3. The smallest absolute Gasteiger partial charge is 0.335 e. The lowest BCUT2D eigenvalue weighted by molar-refractivity contribution is -0.153. The highest BCUT2D eigenvalue weighted by Gasteiger charge is 2.19. The predicted molar refractivity (Wildman–Crippen MR) is 110 cm³/mol. The van der Waals surface area contributed by atoms with Gasteiger partial charge in [-0.2, -0.15) is 0 Å². The fraction of sp³-hybridized carbons (Fsp3) is 0.667. The van der Waals surface area contributed by atoms with Gasteiger partial charge in [-0.3, -0.25) is 0 Å². The number of hydrogen-bond acceptors (Lipinski definition) is 4. The van der Waals surface area contributed by atoms with Gasteiger partial charge in [-0.05, 0) is 44.0 Å². The van der Waals surface area contributed by atoms with Crippen LogP contribution in [0.5, 0.6) is 0 Å². The monoisotopic (exact) mass is 385 g/mol. The zero-order valence-corrected chi connectivity index (χ0v) is 17.4. The Morgan fingerprint density at radius 1 is 1.00 bits per heavy atom. The van der Waals surface area contributed by atoms with Crippen molar-refractivity contribution >= 4 is 18.4 Å². The van der Waals surface area contributed by atoms with Gasteiger partial charge in [0.1, 0.15) is 0 Å². The second-order valence-electron chi connectivity index (χ2n) is 6.40. The first kappa shape index (κ1) is 24.9. The summed E-state index contributed by atoms with van der Waals surface area (Å²) in [5.41, 5.74) is 2.41. The fourth-order valence-corrected chi connectivity index (χ4v) is 2.81. The Hall–Kier alpha value is -1.10. The van der Waals surface area contributed by atoms with E-state index in [0.717, 1.165) is 25.1 Å². The minimum Gasteiger partial charge on any atom is -0.467 e. The van der Waals surface area contributed by atoms with Crippen LogP contribution in [0.25, 0.3) is 0 Å². The second kappa shape index (κ2) is 16.1. The fourth-order valence-electron chi connectivity index (χ4n) is 2.81. The number of carbonyl (C=O) groups is 1. The van der Waals surface area contributed by atoms with Crippen molar-refractivity contribution in [2.45, 2.75) is 64.9 Å². The van der Waals surface area contributed by atoms with Crippen molar-refractivity contribution < 1.29 is 14.3 Å². The minimum atomic E-state index is -0.518. The third kappa shape index (κ3) is 10.8. The standard InChI is InChI=1S/C21H35NO3.ClH/c1-4-6-7-8-9-15-22-16-14-18-10-12-19(13-11-18)17-20(25-5-2)21(23)24-3;/h10-13,20,22H,4-9,14-17H2,1-3H3;1H. The van der Waals surface area contributed by atoms with Gasteiger partial charge in [0.05, 0.1) is 7.11 Å². The van der Waals surface area contributed by atoms with Gasteiger partial charge in [0.25, 0.3) is 0 Å². The molecule has 0 aliphatic heterocycles. The first-order valence-corrected chi connectivity index (χ1v) is 9.69.